The van der Waals surface area contributed by atoms with Crippen LogP contribution in [0.5, 0.6) is 0 Å². The van der Waals surface area contributed by atoms with Gasteiger partial charge in [-0.3, -0.25) is 14.9 Å². The third-order valence-electron chi connectivity index (χ3n) is 4.04. The number of amides is 3. The lowest BCUT2D eigenvalue weighted by Gasteiger charge is -2.19. The summed E-state index contributed by atoms with van der Waals surface area (Å²) in [4.78, 5) is 38.0. The number of hydrogen-bond acceptors (Lipinski definition) is 5. The zero-order chi connectivity index (χ0) is 22.2. The summed E-state index contributed by atoms with van der Waals surface area (Å²) in [6, 6.07) is 10.3. The van der Waals surface area contributed by atoms with E-state index in [1.54, 1.807) is 20.8 Å². The molecule has 9 heteroatoms. The number of rotatable bonds is 3. The van der Waals surface area contributed by atoms with Crippen LogP contribution in [0.15, 0.2) is 48.2 Å². The van der Waals surface area contributed by atoms with Crippen molar-refractivity contribution in [2.75, 3.05) is 10.2 Å². The van der Waals surface area contributed by atoms with Crippen molar-refractivity contribution in [1.29, 1.82) is 0 Å². The van der Waals surface area contributed by atoms with Crippen molar-refractivity contribution in [3.05, 3.63) is 63.8 Å². The van der Waals surface area contributed by atoms with E-state index in [9.17, 15) is 19.5 Å². The number of aliphatic hydroxyl groups excluding tert-OH is 1. The maximum atomic E-state index is 12.9. The van der Waals surface area contributed by atoms with E-state index in [1.807, 2.05) is 0 Å². The lowest BCUT2D eigenvalue weighted by Crippen LogP contribution is -2.31. The van der Waals surface area contributed by atoms with Crippen molar-refractivity contribution in [1.82, 2.24) is 0 Å². The van der Waals surface area contributed by atoms with E-state index < -0.39 is 29.3 Å². The van der Waals surface area contributed by atoms with E-state index in [4.69, 9.17) is 27.9 Å². The molecule has 0 aliphatic carbocycles. The van der Waals surface area contributed by atoms with Gasteiger partial charge in [0.2, 0.25) is 0 Å². The first kappa shape index (κ1) is 21.7. The molecular weight excluding hydrogens is 431 g/mol. The zero-order valence-electron chi connectivity index (χ0n) is 16.3. The number of halogens is 2. The molecule has 0 spiro atoms. The van der Waals surface area contributed by atoms with Gasteiger partial charge in [0.15, 0.2) is 5.76 Å². The van der Waals surface area contributed by atoms with Crippen molar-refractivity contribution in [2.45, 2.75) is 26.4 Å². The number of aliphatic hydroxyl groups is 1. The second-order valence-electron chi connectivity index (χ2n) is 7.47. The molecule has 0 radical (unpaired) electrons. The average Bonchev–Trinajstić information content (AvgIpc) is 2.86. The van der Waals surface area contributed by atoms with Crippen LogP contribution >= 0.6 is 23.2 Å². The summed E-state index contributed by atoms with van der Waals surface area (Å²) in [5.74, 6) is -2.26. The Bertz CT molecular complexity index is 1070. The SMILES string of the molecule is CC(C)(C)OC(=O)Nc1ccc(C2=C(O)C(=O)N(c3ccc(Cl)c(Cl)c3)C2=O)cc1. The first-order valence-corrected chi connectivity index (χ1v) is 9.61. The summed E-state index contributed by atoms with van der Waals surface area (Å²) in [6.07, 6.45) is -0.629. The molecule has 2 aromatic carbocycles. The Kier molecular flexibility index (Phi) is 5.78. The number of benzene rings is 2. The highest BCUT2D eigenvalue weighted by atomic mass is 35.5. The molecule has 0 saturated heterocycles. The average molecular weight is 449 g/mol. The summed E-state index contributed by atoms with van der Waals surface area (Å²) >= 11 is 11.9. The molecule has 0 bridgehead atoms. The van der Waals surface area contributed by atoms with Crippen molar-refractivity contribution in [3.63, 3.8) is 0 Å². The summed E-state index contributed by atoms with van der Waals surface area (Å²) in [5.41, 5.74) is 0.110. The van der Waals surface area contributed by atoms with Gasteiger partial charge in [-0.15, -0.1) is 0 Å². The van der Waals surface area contributed by atoms with Crippen molar-refractivity contribution in [3.8, 4) is 0 Å². The molecule has 0 aromatic heterocycles. The Hall–Kier alpha value is -3.03. The molecule has 30 heavy (non-hydrogen) atoms. The maximum Gasteiger partial charge on any atom is 0.412 e. The van der Waals surface area contributed by atoms with Crippen LogP contribution in [0.4, 0.5) is 16.2 Å². The van der Waals surface area contributed by atoms with Gasteiger partial charge in [-0.05, 0) is 56.7 Å². The van der Waals surface area contributed by atoms with Crippen molar-refractivity contribution < 1.29 is 24.2 Å². The highest BCUT2D eigenvalue weighted by molar-refractivity contribution is 6.46. The summed E-state index contributed by atoms with van der Waals surface area (Å²) in [6.45, 7) is 5.23. The maximum absolute atomic E-state index is 12.9. The molecule has 1 aliphatic heterocycles. The molecule has 1 aliphatic rings. The Morgan fingerprint density at radius 2 is 1.63 bits per heavy atom. The fraction of sp³-hybridized carbons (Fsp3) is 0.190. The van der Waals surface area contributed by atoms with Gasteiger partial charge in [-0.1, -0.05) is 35.3 Å². The molecule has 2 aromatic rings. The molecule has 0 saturated carbocycles. The molecule has 3 amide bonds. The van der Waals surface area contributed by atoms with E-state index in [1.165, 1.54) is 42.5 Å². The smallest absolute Gasteiger partial charge is 0.412 e. The highest BCUT2D eigenvalue weighted by Gasteiger charge is 2.40. The molecule has 2 N–H and O–H groups in total. The lowest BCUT2D eigenvalue weighted by molar-refractivity contribution is -0.121. The van der Waals surface area contributed by atoms with Crippen LogP contribution in [0.25, 0.3) is 5.57 Å². The topological polar surface area (TPSA) is 95.9 Å². The number of carbonyl (C=O) groups is 3. The fourth-order valence-electron chi connectivity index (χ4n) is 2.78. The second-order valence-corrected chi connectivity index (χ2v) is 8.29. The zero-order valence-corrected chi connectivity index (χ0v) is 17.8. The number of ether oxygens (including phenoxy) is 1. The molecule has 1 heterocycles. The Morgan fingerprint density at radius 1 is 1.00 bits per heavy atom. The summed E-state index contributed by atoms with van der Waals surface area (Å²) in [5, 5.41) is 13.3. The number of carbonyl (C=O) groups excluding carboxylic acids is 3. The van der Waals surface area contributed by atoms with E-state index in [2.05, 4.69) is 5.32 Å². The molecule has 0 fully saturated rings. The first-order valence-electron chi connectivity index (χ1n) is 8.85. The van der Waals surface area contributed by atoms with Gasteiger partial charge in [-0.2, -0.15) is 0 Å². The van der Waals surface area contributed by atoms with Gasteiger partial charge in [0, 0.05) is 5.69 Å². The minimum atomic E-state index is -0.871. The van der Waals surface area contributed by atoms with E-state index >= 15 is 0 Å². The molecule has 3 rings (SSSR count). The van der Waals surface area contributed by atoms with Gasteiger partial charge in [0.05, 0.1) is 21.3 Å². The largest absolute Gasteiger partial charge is 0.502 e. The highest BCUT2D eigenvalue weighted by Crippen LogP contribution is 2.35. The number of imide groups is 1. The predicted molar refractivity (Wildman–Crippen MR) is 115 cm³/mol. The van der Waals surface area contributed by atoms with Crippen LogP contribution in [-0.2, 0) is 14.3 Å². The van der Waals surface area contributed by atoms with Crippen LogP contribution in [-0.4, -0.2) is 28.6 Å². The van der Waals surface area contributed by atoms with Crippen molar-refractivity contribution >= 4 is 58.1 Å². The van der Waals surface area contributed by atoms with Crippen LogP contribution < -0.4 is 10.2 Å². The van der Waals surface area contributed by atoms with Gasteiger partial charge in [0.25, 0.3) is 5.91 Å². The standard InChI is InChI=1S/C21H18Cl2N2O5/c1-21(2,3)30-20(29)24-12-6-4-11(5-7-12)16-17(26)19(28)25(18(16)27)13-8-9-14(22)15(23)10-13/h4-10,26H,1-3H3,(H,24,29). The minimum Gasteiger partial charge on any atom is -0.502 e. The summed E-state index contributed by atoms with van der Waals surface area (Å²) < 4.78 is 5.18. The van der Waals surface area contributed by atoms with Crippen molar-refractivity contribution in [2.24, 2.45) is 0 Å². The van der Waals surface area contributed by atoms with Crippen LogP contribution in [0.3, 0.4) is 0 Å². The fourth-order valence-corrected chi connectivity index (χ4v) is 3.07. The molecule has 0 atom stereocenters. The molecule has 0 unspecified atom stereocenters. The van der Waals surface area contributed by atoms with Crippen LogP contribution in [0, 0.1) is 0 Å². The lowest BCUT2D eigenvalue weighted by atomic mass is 10.1. The molecule has 7 nitrogen and oxygen atoms in total. The van der Waals surface area contributed by atoms with Crippen LogP contribution in [0.2, 0.25) is 10.0 Å². The van der Waals surface area contributed by atoms with E-state index in [0.29, 0.717) is 11.3 Å². The second kappa shape index (κ2) is 8.01. The number of anilines is 2. The third-order valence-corrected chi connectivity index (χ3v) is 4.78. The predicted octanol–water partition coefficient (Wildman–Crippen LogP) is 5.18. The normalized spacial score (nSPS) is 14.4. The number of nitrogens with zero attached hydrogens (tertiary/aromatic N) is 1. The number of nitrogens with one attached hydrogen (secondary N) is 1. The van der Waals surface area contributed by atoms with Gasteiger partial charge >= 0.3 is 12.0 Å². The van der Waals surface area contributed by atoms with E-state index in [-0.39, 0.29) is 21.3 Å². The van der Waals surface area contributed by atoms with Gasteiger partial charge < -0.3 is 9.84 Å². The summed E-state index contributed by atoms with van der Waals surface area (Å²) in [7, 11) is 0. The third kappa shape index (κ3) is 4.42. The minimum absolute atomic E-state index is 0.158. The molecule has 156 valence electrons. The quantitative estimate of drug-likeness (QED) is 0.630. The van der Waals surface area contributed by atoms with E-state index in [0.717, 1.165) is 4.90 Å². The Balaban J connectivity index is 1.83. The number of hydrogen-bond donors (Lipinski definition) is 2. The first-order chi connectivity index (χ1) is 14.0. The monoisotopic (exact) mass is 448 g/mol. The Labute approximate surface area is 182 Å². The van der Waals surface area contributed by atoms with Crippen LogP contribution in [0.1, 0.15) is 26.3 Å². The van der Waals surface area contributed by atoms with Gasteiger partial charge in [0.1, 0.15) is 5.60 Å². The molecular formula is C21H18Cl2N2O5. The van der Waals surface area contributed by atoms with Gasteiger partial charge in [-0.25, -0.2) is 9.69 Å². The Morgan fingerprint density at radius 3 is 2.20 bits per heavy atom.